The smallest absolute Gasteiger partial charge is 0.224 e. The molecule has 2 aliphatic heterocycles. The number of aryl methyl sites for hydroxylation is 1. The lowest BCUT2D eigenvalue weighted by Crippen LogP contribution is -2.24. The van der Waals surface area contributed by atoms with Gasteiger partial charge >= 0.3 is 0 Å². The second-order valence-corrected chi connectivity index (χ2v) is 5.67. The molecule has 1 unspecified atom stereocenters. The van der Waals surface area contributed by atoms with Gasteiger partial charge in [-0.05, 0) is 25.8 Å². The van der Waals surface area contributed by atoms with Gasteiger partial charge in [0.2, 0.25) is 5.91 Å². The van der Waals surface area contributed by atoms with Crippen LogP contribution in [0.3, 0.4) is 0 Å². The van der Waals surface area contributed by atoms with Crippen molar-refractivity contribution < 1.29 is 4.79 Å². The molecule has 0 fully saturated rings. The third-order valence-corrected chi connectivity index (χ3v) is 3.91. The maximum absolute atomic E-state index is 12.0. The maximum atomic E-state index is 12.0. The molecule has 2 heterocycles. The molecule has 2 aliphatic rings. The van der Waals surface area contributed by atoms with Gasteiger partial charge in [-0.15, -0.1) is 0 Å². The average Bonchev–Trinajstić information content (AvgIpc) is 2.93. The molecule has 0 saturated carbocycles. The summed E-state index contributed by atoms with van der Waals surface area (Å²) in [4.78, 5) is 16.6. The Labute approximate surface area is 125 Å². The fourth-order valence-electron chi connectivity index (χ4n) is 2.79. The van der Waals surface area contributed by atoms with Gasteiger partial charge in [-0.1, -0.05) is 29.8 Å². The van der Waals surface area contributed by atoms with Crippen molar-refractivity contribution in [2.45, 2.75) is 38.6 Å². The lowest BCUT2D eigenvalue weighted by atomic mass is 10.0. The second kappa shape index (κ2) is 6.12. The Hall–Kier alpha value is -2.10. The SMILES string of the molecule is Cc1ccc2c(c1)C1CN=C(CC/C=C/CCC(=O)N2)N1. The highest BCUT2D eigenvalue weighted by Crippen LogP contribution is 2.27. The largest absolute Gasteiger partial charge is 0.365 e. The summed E-state index contributed by atoms with van der Waals surface area (Å²) in [6.45, 7) is 2.81. The Kier molecular flexibility index (Phi) is 4.04. The zero-order chi connectivity index (χ0) is 14.7. The van der Waals surface area contributed by atoms with E-state index in [0.717, 1.165) is 42.9 Å². The van der Waals surface area contributed by atoms with Crippen molar-refractivity contribution in [3.63, 3.8) is 0 Å². The van der Waals surface area contributed by atoms with Crippen LogP contribution in [0.4, 0.5) is 5.69 Å². The van der Waals surface area contributed by atoms with Gasteiger partial charge < -0.3 is 10.6 Å². The Balaban J connectivity index is 1.91. The molecule has 1 aromatic rings. The van der Waals surface area contributed by atoms with Crippen LogP contribution in [0.1, 0.15) is 42.9 Å². The fraction of sp³-hybridized carbons (Fsp3) is 0.412. The van der Waals surface area contributed by atoms with E-state index in [0.29, 0.717) is 6.42 Å². The molecule has 0 spiro atoms. The number of allylic oxidation sites excluding steroid dienone is 2. The third-order valence-electron chi connectivity index (χ3n) is 3.91. The van der Waals surface area contributed by atoms with Crippen LogP contribution >= 0.6 is 0 Å². The first-order chi connectivity index (χ1) is 10.2. The summed E-state index contributed by atoms with van der Waals surface area (Å²) in [6, 6.07) is 6.34. The lowest BCUT2D eigenvalue weighted by Gasteiger charge is -2.18. The molecule has 110 valence electrons. The monoisotopic (exact) mass is 283 g/mol. The summed E-state index contributed by atoms with van der Waals surface area (Å²) < 4.78 is 0. The minimum absolute atomic E-state index is 0.0724. The summed E-state index contributed by atoms with van der Waals surface area (Å²) in [5, 5.41) is 6.54. The van der Waals surface area contributed by atoms with Crippen molar-refractivity contribution in [1.29, 1.82) is 0 Å². The molecule has 0 aromatic heterocycles. The van der Waals surface area contributed by atoms with Crippen molar-refractivity contribution in [2.24, 2.45) is 4.99 Å². The minimum Gasteiger partial charge on any atom is -0.365 e. The van der Waals surface area contributed by atoms with Gasteiger partial charge in [0.25, 0.3) is 0 Å². The quantitative estimate of drug-likeness (QED) is 0.719. The molecule has 4 heteroatoms. The number of amidine groups is 1. The van der Waals surface area contributed by atoms with Crippen molar-refractivity contribution >= 4 is 17.4 Å². The third kappa shape index (κ3) is 3.32. The fourth-order valence-corrected chi connectivity index (χ4v) is 2.79. The molecular formula is C17H21N3O. The molecule has 0 aliphatic carbocycles. The van der Waals surface area contributed by atoms with E-state index in [1.54, 1.807) is 0 Å². The van der Waals surface area contributed by atoms with Gasteiger partial charge in [0.15, 0.2) is 0 Å². The summed E-state index contributed by atoms with van der Waals surface area (Å²) >= 11 is 0. The van der Waals surface area contributed by atoms with Crippen LogP contribution in [-0.2, 0) is 4.79 Å². The van der Waals surface area contributed by atoms with E-state index < -0.39 is 0 Å². The highest BCUT2D eigenvalue weighted by atomic mass is 16.1. The highest BCUT2D eigenvalue weighted by Gasteiger charge is 2.22. The zero-order valence-electron chi connectivity index (χ0n) is 12.4. The molecule has 1 amide bonds. The molecule has 1 atom stereocenters. The summed E-state index contributed by atoms with van der Waals surface area (Å²) in [6.07, 6.45) is 7.45. The molecular weight excluding hydrogens is 262 g/mol. The van der Waals surface area contributed by atoms with Crippen LogP contribution in [0.2, 0.25) is 0 Å². The van der Waals surface area contributed by atoms with Crippen LogP contribution < -0.4 is 10.6 Å². The number of carbonyl (C=O) groups excluding carboxylic acids is 1. The van der Waals surface area contributed by atoms with Crippen molar-refractivity contribution in [2.75, 3.05) is 11.9 Å². The molecule has 2 N–H and O–H groups in total. The molecule has 1 aromatic carbocycles. The standard InChI is InChI=1S/C17H21N3O/c1-12-8-9-14-13(10-12)15-11-18-16(19-15)6-4-2-3-5-7-17(21)20-14/h2-3,8-10,15H,4-7,11H2,1H3,(H,18,19)(H,20,21)/b3-2+. The number of nitrogens with one attached hydrogen (secondary N) is 2. The number of amides is 1. The molecule has 0 saturated heterocycles. The van der Waals surface area contributed by atoms with E-state index in [1.165, 1.54) is 5.56 Å². The molecule has 3 rings (SSSR count). The van der Waals surface area contributed by atoms with E-state index in [2.05, 4.69) is 40.8 Å². The Morgan fingerprint density at radius 1 is 1.19 bits per heavy atom. The predicted molar refractivity (Wildman–Crippen MR) is 85.6 cm³/mol. The van der Waals surface area contributed by atoms with Crippen molar-refractivity contribution in [3.05, 3.63) is 41.5 Å². The summed E-state index contributed by atoms with van der Waals surface area (Å²) in [5.74, 6) is 1.14. The Bertz CT molecular complexity index is 604. The molecule has 0 radical (unpaired) electrons. The van der Waals surface area contributed by atoms with E-state index in [-0.39, 0.29) is 11.9 Å². The number of hydrogen-bond acceptors (Lipinski definition) is 3. The Morgan fingerprint density at radius 3 is 2.86 bits per heavy atom. The second-order valence-electron chi connectivity index (χ2n) is 5.67. The molecule has 21 heavy (non-hydrogen) atoms. The van der Waals surface area contributed by atoms with Crippen molar-refractivity contribution in [1.82, 2.24) is 5.32 Å². The molecule has 2 bridgehead atoms. The highest BCUT2D eigenvalue weighted by molar-refractivity contribution is 5.92. The van der Waals surface area contributed by atoms with Gasteiger partial charge in [-0.3, -0.25) is 9.79 Å². The summed E-state index contributed by atoms with van der Waals surface area (Å²) in [7, 11) is 0. The normalized spacial score (nSPS) is 23.6. The maximum Gasteiger partial charge on any atom is 0.224 e. The number of nitrogens with zero attached hydrogens (tertiary/aromatic N) is 1. The van der Waals surface area contributed by atoms with Gasteiger partial charge in [0.1, 0.15) is 0 Å². The van der Waals surface area contributed by atoms with Crippen LogP contribution in [-0.4, -0.2) is 18.3 Å². The Morgan fingerprint density at radius 2 is 2.00 bits per heavy atom. The number of aliphatic imine (C=N–C) groups is 1. The topological polar surface area (TPSA) is 53.5 Å². The first-order valence-electron chi connectivity index (χ1n) is 7.57. The van der Waals surface area contributed by atoms with E-state index in [9.17, 15) is 4.79 Å². The first kappa shape index (κ1) is 13.9. The lowest BCUT2D eigenvalue weighted by molar-refractivity contribution is -0.116. The van der Waals surface area contributed by atoms with E-state index in [4.69, 9.17) is 0 Å². The van der Waals surface area contributed by atoms with Gasteiger partial charge in [-0.25, -0.2) is 0 Å². The van der Waals surface area contributed by atoms with Crippen LogP contribution in [0, 0.1) is 6.92 Å². The number of rotatable bonds is 0. The van der Waals surface area contributed by atoms with Gasteiger partial charge in [0, 0.05) is 24.1 Å². The number of hydrogen-bond donors (Lipinski definition) is 2. The molecule has 4 nitrogen and oxygen atoms in total. The number of fused-ring (bicyclic) bond motifs is 4. The van der Waals surface area contributed by atoms with Crippen molar-refractivity contribution in [3.8, 4) is 0 Å². The number of carbonyl (C=O) groups is 1. The van der Waals surface area contributed by atoms with Crippen LogP contribution in [0.5, 0.6) is 0 Å². The van der Waals surface area contributed by atoms with Gasteiger partial charge in [0.05, 0.1) is 18.4 Å². The number of anilines is 1. The summed E-state index contributed by atoms with van der Waals surface area (Å²) in [5.41, 5.74) is 3.24. The van der Waals surface area contributed by atoms with Crippen LogP contribution in [0.25, 0.3) is 0 Å². The van der Waals surface area contributed by atoms with Gasteiger partial charge in [-0.2, -0.15) is 0 Å². The van der Waals surface area contributed by atoms with E-state index >= 15 is 0 Å². The van der Waals surface area contributed by atoms with Crippen LogP contribution in [0.15, 0.2) is 35.3 Å². The zero-order valence-corrected chi connectivity index (χ0v) is 12.4. The minimum atomic E-state index is 0.0724. The number of benzene rings is 1. The first-order valence-corrected chi connectivity index (χ1v) is 7.57. The predicted octanol–water partition coefficient (Wildman–Crippen LogP) is 3.11. The van der Waals surface area contributed by atoms with E-state index in [1.807, 2.05) is 12.1 Å². The average molecular weight is 283 g/mol.